The van der Waals surface area contributed by atoms with Crippen molar-refractivity contribution in [1.29, 1.82) is 0 Å². The predicted octanol–water partition coefficient (Wildman–Crippen LogP) is 1.59. The van der Waals surface area contributed by atoms with Gasteiger partial charge in [0.1, 0.15) is 0 Å². The highest BCUT2D eigenvalue weighted by atomic mass is 127. The molecule has 1 rings (SSSR count). The first-order valence-corrected chi connectivity index (χ1v) is 8.81. The third-order valence-corrected chi connectivity index (χ3v) is 3.82. The van der Waals surface area contributed by atoms with E-state index in [0.717, 1.165) is 5.56 Å². The number of carbonyl (C=O) groups excluding carboxylic acids is 2. The molecule has 8 heteroatoms. The summed E-state index contributed by atoms with van der Waals surface area (Å²) in [4.78, 5) is 30.0. The number of guanidine groups is 1. The molecular formula is C19H32IN5O2. The summed E-state index contributed by atoms with van der Waals surface area (Å²) in [7, 11) is 3.41. The Morgan fingerprint density at radius 3 is 2.26 bits per heavy atom. The first-order valence-electron chi connectivity index (χ1n) is 8.81. The number of likely N-dealkylation sites (N-methyl/N-ethyl adjacent to an activating group) is 1. The van der Waals surface area contributed by atoms with E-state index in [1.54, 1.807) is 14.1 Å². The van der Waals surface area contributed by atoms with Gasteiger partial charge in [-0.05, 0) is 26.3 Å². The van der Waals surface area contributed by atoms with Gasteiger partial charge in [0, 0.05) is 27.2 Å². The molecule has 0 bridgehead atoms. The molecule has 27 heavy (non-hydrogen) atoms. The van der Waals surface area contributed by atoms with Crippen LogP contribution in [0.25, 0.3) is 0 Å². The summed E-state index contributed by atoms with van der Waals surface area (Å²) in [5.74, 6) is 0.419. The number of carbonyl (C=O) groups is 2. The molecule has 1 aromatic rings. The molecule has 0 saturated carbocycles. The third-order valence-electron chi connectivity index (χ3n) is 3.82. The van der Waals surface area contributed by atoms with Gasteiger partial charge in [0.25, 0.3) is 0 Å². The highest BCUT2D eigenvalue weighted by molar-refractivity contribution is 14.0. The molecule has 0 heterocycles. The van der Waals surface area contributed by atoms with Crippen molar-refractivity contribution >= 4 is 41.8 Å². The van der Waals surface area contributed by atoms with E-state index < -0.39 is 5.41 Å². The number of hydrogen-bond acceptors (Lipinski definition) is 3. The quantitative estimate of drug-likeness (QED) is 0.294. The van der Waals surface area contributed by atoms with Crippen molar-refractivity contribution in [1.82, 2.24) is 20.9 Å². The Balaban J connectivity index is 0.00000676. The van der Waals surface area contributed by atoms with Crippen LogP contribution in [0.15, 0.2) is 35.3 Å². The van der Waals surface area contributed by atoms with Gasteiger partial charge in [-0.15, -0.1) is 24.0 Å². The minimum absolute atomic E-state index is 0. The van der Waals surface area contributed by atoms with E-state index in [1.807, 2.05) is 51.1 Å². The van der Waals surface area contributed by atoms with Gasteiger partial charge in [0.15, 0.2) is 5.96 Å². The number of hydrogen-bond donors (Lipinski definition) is 3. The second-order valence-corrected chi connectivity index (χ2v) is 6.89. The fourth-order valence-corrected chi connectivity index (χ4v) is 2.03. The van der Waals surface area contributed by atoms with Gasteiger partial charge >= 0.3 is 0 Å². The van der Waals surface area contributed by atoms with Crippen LogP contribution in [-0.4, -0.2) is 56.4 Å². The van der Waals surface area contributed by atoms with E-state index in [9.17, 15) is 9.59 Å². The second-order valence-electron chi connectivity index (χ2n) is 6.89. The largest absolute Gasteiger partial charge is 0.356 e. The monoisotopic (exact) mass is 489 g/mol. The van der Waals surface area contributed by atoms with Crippen LogP contribution in [-0.2, 0) is 16.1 Å². The van der Waals surface area contributed by atoms with E-state index in [-0.39, 0.29) is 42.3 Å². The number of benzene rings is 1. The number of amides is 2. The number of aliphatic imine (C=N–C) groups is 1. The summed E-state index contributed by atoms with van der Waals surface area (Å²) in [6.07, 6.45) is 0. The molecule has 1 aromatic carbocycles. The summed E-state index contributed by atoms with van der Waals surface area (Å²) < 4.78 is 0. The molecule has 7 nitrogen and oxygen atoms in total. The lowest BCUT2D eigenvalue weighted by atomic mass is 9.92. The van der Waals surface area contributed by atoms with Gasteiger partial charge in [0.2, 0.25) is 11.8 Å². The van der Waals surface area contributed by atoms with Crippen molar-refractivity contribution in [2.75, 3.05) is 33.7 Å². The standard InChI is InChI=1S/C19H31N5O2.HI/c1-6-20-17(26)19(2,3)14-23-18(22-13-16(25)24(4)5)21-12-15-10-8-7-9-11-15;/h7-11H,6,12-14H2,1-5H3,(H,20,26)(H2,21,22,23);1H. The minimum Gasteiger partial charge on any atom is -0.356 e. The van der Waals surface area contributed by atoms with E-state index >= 15 is 0 Å². The first-order chi connectivity index (χ1) is 12.3. The Morgan fingerprint density at radius 2 is 1.70 bits per heavy atom. The topological polar surface area (TPSA) is 85.8 Å². The SMILES string of the molecule is CCNC(=O)C(C)(C)CNC(=NCc1ccccc1)NCC(=O)N(C)C.I. The zero-order valence-electron chi connectivity index (χ0n) is 16.8. The van der Waals surface area contributed by atoms with Gasteiger partial charge < -0.3 is 20.9 Å². The summed E-state index contributed by atoms with van der Waals surface area (Å²) >= 11 is 0. The van der Waals surface area contributed by atoms with Crippen LogP contribution < -0.4 is 16.0 Å². The molecule has 0 saturated heterocycles. The Kier molecular flexibility index (Phi) is 11.7. The minimum atomic E-state index is -0.600. The van der Waals surface area contributed by atoms with Crippen LogP contribution in [0.1, 0.15) is 26.3 Å². The fourth-order valence-electron chi connectivity index (χ4n) is 2.03. The summed E-state index contributed by atoms with van der Waals surface area (Å²) in [5.41, 5.74) is 0.465. The molecule has 3 N–H and O–H groups in total. The smallest absolute Gasteiger partial charge is 0.241 e. The Hall–Kier alpha value is -1.84. The first kappa shape index (κ1) is 25.2. The molecule has 152 valence electrons. The van der Waals surface area contributed by atoms with Gasteiger partial charge in [0.05, 0.1) is 18.5 Å². The van der Waals surface area contributed by atoms with Crippen molar-refractivity contribution in [2.45, 2.75) is 27.3 Å². The Bertz CT molecular complexity index is 618. The van der Waals surface area contributed by atoms with Gasteiger partial charge in [-0.2, -0.15) is 0 Å². The van der Waals surface area contributed by atoms with Gasteiger partial charge in [-0.3, -0.25) is 9.59 Å². The van der Waals surface area contributed by atoms with Crippen LogP contribution in [0.4, 0.5) is 0 Å². The van der Waals surface area contributed by atoms with Crippen LogP contribution >= 0.6 is 24.0 Å². The summed E-state index contributed by atoms with van der Waals surface area (Å²) in [6, 6.07) is 9.85. The molecule has 0 atom stereocenters. The van der Waals surface area contributed by atoms with Crippen LogP contribution in [0.5, 0.6) is 0 Å². The molecule has 0 aliphatic rings. The summed E-state index contributed by atoms with van der Waals surface area (Å²) in [5, 5.41) is 9.03. The highest BCUT2D eigenvalue weighted by Gasteiger charge is 2.27. The zero-order chi connectivity index (χ0) is 19.6. The second kappa shape index (κ2) is 12.5. The van der Waals surface area contributed by atoms with E-state index in [2.05, 4.69) is 20.9 Å². The fraction of sp³-hybridized carbons (Fsp3) is 0.526. The Morgan fingerprint density at radius 1 is 1.07 bits per heavy atom. The average Bonchev–Trinajstić information content (AvgIpc) is 2.61. The molecule has 0 radical (unpaired) electrons. The molecule has 0 aliphatic heterocycles. The lowest BCUT2D eigenvalue weighted by Gasteiger charge is -2.25. The predicted molar refractivity (Wildman–Crippen MR) is 120 cm³/mol. The van der Waals surface area contributed by atoms with Crippen molar-refractivity contribution in [3.8, 4) is 0 Å². The van der Waals surface area contributed by atoms with Crippen molar-refractivity contribution in [2.24, 2.45) is 10.4 Å². The van der Waals surface area contributed by atoms with Crippen molar-refractivity contribution in [3.63, 3.8) is 0 Å². The van der Waals surface area contributed by atoms with Gasteiger partial charge in [-0.1, -0.05) is 30.3 Å². The summed E-state index contributed by atoms with van der Waals surface area (Å²) in [6.45, 7) is 7.23. The zero-order valence-corrected chi connectivity index (χ0v) is 19.2. The maximum atomic E-state index is 12.1. The lowest BCUT2D eigenvalue weighted by Crippen LogP contribution is -2.49. The third kappa shape index (κ3) is 9.60. The van der Waals surface area contributed by atoms with E-state index in [4.69, 9.17) is 0 Å². The molecule has 0 fully saturated rings. The molecular weight excluding hydrogens is 457 g/mol. The van der Waals surface area contributed by atoms with Crippen LogP contribution in [0, 0.1) is 5.41 Å². The molecule has 2 amide bonds. The van der Waals surface area contributed by atoms with E-state index in [1.165, 1.54) is 4.90 Å². The average molecular weight is 489 g/mol. The Labute approximate surface area is 179 Å². The normalized spacial score (nSPS) is 11.2. The maximum absolute atomic E-state index is 12.1. The molecule has 0 unspecified atom stereocenters. The number of nitrogens with one attached hydrogen (secondary N) is 3. The van der Waals surface area contributed by atoms with E-state index in [0.29, 0.717) is 25.6 Å². The van der Waals surface area contributed by atoms with Crippen LogP contribution in [0.3, 0.4) is 0 Å². The number of rotatable bonds is 8. The maximum Gasteiger partial charge on any atom is 0.241 e. The molecule has 0 spiro atoms. The van der Waals surface area contributed by atoms with Crippen molar-refractivity contribution in [3.05, 3.63) is 35.9 Å². The number of halogens is 1. The lowest BCUT2D eigenvalue weighted by molar-refractivity contribution is -0.129. The molecule has 0 aromatic heterocycles. The van der Waals surface area contributed by atoms with Crippen LogP contribution in [0.2, 0.25) is 0 Å². The highest BCUT2D eigenvalue weighted by Crippen LogP contribution is 2.13. The van der Waals surface area contributed by atoms with Crippen molar-refractivity contribution < 1.29 is 9.59 Å². The molecule has 0 aliphatic carbocycles. The number of nitrogens with zero attached hydrogens (tertiary/aromatic N) is 2. The van der Waals surface area contributed by atoms with Gasteiger partial charge in [-0.25, -0.2) is 4.99 Å².